The quantitative estimate of drug-likeness (QED) is 0.744. The van der Waals surface area contributed by atoms with Crippen molar-refractivity contribution in [2.75, 3.05) is 11.4 Å². The third-order valence-electron chi connectivity index (χ3n) is 3.23. The molecule has 0 saturated carbocycles. The Hall–Kier alpha value is -1.63. The maximum Gasteiger partial charge on any atom is 0.434 e. The van der Waals surface area contributed by atoms with Crippen LogP contribution in [0.3, 0.4) is 0 Å². The highest BCUT2D eigenvalue weighted by Crippen LogP contribution is 2.34. The first kappa shape index (κ1) is 13.4. The molecule has 2 heterocycles. The fraction of sp³-hybridized carbons (Fsp3) is 0.308. The van der Waals surface area contributed by atoms with Gasteiger partial charge in [-0.05, 0) is 29.7 Å². The zero-order valence-corrected chi connectivity index (χ0v) is 11.1. The van der Waals surface area contributed by atoms with Gasteiger partial charge in [-0.25, -0.2) is 9.37 Å². The maximum atomic E-state index is 13.1. The van der Waals surface area contributed by atoms with Crippen molar-refractivity contribution in [3.63, 3.8) is 0 Å². The van der Waals surface area contributed by atoms with Crippen molar-refractivity contribution in [1.82, 2.24) is 4.98 Å². The van der Waals surface area contributed by atoms with Gasteiger partial charge in [0.2, 0.25) is 0 Å². The molecule has 0 aliphatic carbocycles. The molecule has 0 radical (unpaired) electrons. The number of halogens is 4. The fourth-order valence-electron chi connectivity index (χ4n) is 2.22. The van der Waals surface area contributed by atoms with Crippen molar-refractivity contribution < 1.29 is 17.6 Å². The van der Waals surface area contributed by atoms with Crippen molar-refractivity contribution in [2.45, 2.75) is 19.1 Å². The molecule has 1 aliphatic heterocycles. The maximum absolute atomic E-state index is 13.1. The highest BCUT2D eigenvalue weighted by atomic mass is 32.1. The van der Waals surface area contributed by atoms with Gasteiger partial charge in [0.05, 0.1) is 0 Å². The molecule has 2 aromatic rings. The first-order valence-electron chi connectivity index (χ1n) is 5.98. The van der Waals surface area contributed by atoms with Gasteiger partial charge in [0.25, 0.3) is 0 Å². The van der Waals surface area contributed by atoms with Crippen molar-refractivity contribution >= 4 is 16.5 Å². The molecule has 2 nitrogen and oxygen atoms in total. The lowest BCUT2D eigenvalue weighted by molar-refractivity contribution is -0.140. The van der Waals surface area contributed by atoms with E-state index in [0.717, 1.165) is 27.8 Å². The van der Waals surface area contributed by atoms with E-state index in [0.29, 0.717) is 24.6 Å². The molecule has 1 aromatic heterocycles. The van der Waals surface area contributed by atoms with Crippen LogP contribution in [0.15, 0.2) is 23.6 Å². The molecule has 1 aliphatic rings. The fourth-order valence-corrected chi connectivity index (χ4v) is 3.08. The number of rotatable bonds is 1. The molecule has 0 fully saturated rings. The van der Waals surface area contributed by atoms with E-state index in [-0.39, 0.29) is 5.82 Å². The summed E-state index contributed by atoms with van der Waals surface area (Å²) in [5.74, 6) is -0.286. The number of hydrogen-bond donors (Lipinski definition) is 0. The standard InChI is InChI=1S/C13H10F4N2S/c14-10-2-1-9-6-19(4-3-8(9)5-10)12-18-11(7-20-12)13(15,16)17/h1-2,5,7H,3-4,6H2. The summed E-state index contributed by atoms with van der Waals surface area (Å²) >= 11 is 0.981. The van der Waals surface area contributed by atoms with Crippen LogP contribution in [0.4, 0.5) is 22.7 Å². The van der Waals surface area contributed by atoms with Crippen LogP contribution in [0.2, 0.25) is 0 Å². The number of fused-ring (bicyclic) bond motifs is 1. The van der Waals surface area contributed by atoms with Gasteiger partial charge in [0.1, 0.15) is 5.82 Å². The summed E-state index contributed by atoms with van der Waals surface area (Å²) in [4.78, 5) is 5.43. The minimum absolute atomic E-state index is 0.286. The van der Waals surface area contributed by atoms with E-state index in [1.807, 2.05) is 0 Å². The van der Waals surface area contributed by atoms with Gasteiger partial charge in [0, 0.05) is 18.5 Å². The van der Waals surface area contributed by atoms with Gasteiger partial charge in [-0.2, -0.15) is 13.2 Å². The highest BCUT2D eigenvalue weighted by Gasteiger charge is 2.34. The highest BCUT2D eigenvalue weighted by molar-refractivity contribution is 7.13. The predicted molar refractivity (Wildman–Crippen MR) is 68.3 cm³/mol. The summed E-state index contributed by atoms with van der Waals surface area (Å²) in [5, 5.41) is 1.38. The second-order valence-electron chi connectivity index (χ2n) is 4.60. The first-order valence-corrected chi connectivity index (χ1v) is 6.86. The Balaban J connectivity index is 1.83. The number of hydrogen-bond acceptors (Lipinski definition) is 3. The zero-order chi connectivity index (χ0) is 14.3. The topological polar surface area (TPSA) is 16.1 Å². The van der Waals surface area contributed by atoms with Gasteiger partial charge >= 0.3 is 6.18 Å². The van der Waals surface area contributed by atoms with Crippen molar-refractivity contribution in [2.24, 2.45) is 0 Å². The van der Waals surface area contributed by atoms with Crippen molar-refractivity contribution in [3.8, 4) is 0 Å². The molecule has 0 saturated heterocycles. The normalized spacial score (nSPS) is 15.3. The number of anilines is 1. The number of thiazole rings is 1. The van der Waals surface area contributed by atoms with Gasteiger partial charge in [-0.3, -0.25) is 0 Å². The molecule has 1 aromatic carbocycles. The SMILES string of the molecule is Fc1ccc2c(c1)CCN(c1nc(C(F)(F)F)cs1)C2. The number of alkyl halides is 3. The summed E-state index contributed by atoms with van der Waals surface area (Å²) in [5.41, 5.74) is 0.984. The molecule has 0 bridgehead atoms. The van der Waals surface area contributed by atoms with E-state index < -0.39 is 11.9 Å². The number of benzene rings is 1. The summed E-state index contributed by atoms with van der Waals surface area (Å²) in [6.45, 7) is 1.00. The Labute approximate surface area is 116 Å². The molecule has 106 valence electrons. The van der Waals surface area contributed by atoms with E-state index in [1.54, 1.807) is 11.0 Å². The van der Waals surface area contributed by atoms with E-state index in [4.69, 9.17) is 0 Å². The van der Waals surface area contributed by atoms with Gasteiger partial charge in [-0.1, -0.05) is 6.07 Å². The molecule has 0 atom stereocenters. The van der Waals surface area contributed by atoms with Crippen LogP contribution in [0.25, 0.3) is 0 Å². The Morgan fingerprint density at radius 3 is 2.70 bits per heavy atom. The third-order valence-corrected chi connectivity index (χ3v) is 4.14. The molecule has 0 spiro atoms. The van der Waals surface area contributed by atoms with Crippen molar-refractivity contribution in [3.05, 3.63) is 46.2 Å². The Bertz CT molecular complexity index is 636. The zero-order valence-electron chi connectivity index (χ0n) is 10.2. The third kappa shape index (κ3) is 2.49. The molecule has 0 unspecified atom stereocenters. The molecule has 0 amide bonds. The van der Waals surface area contributed by atoms with Gasteiger partial charge in [-0.15, -0.1) is 11.3 Å². The lowest BCUT2D eigenvalue weighted by Crippen LogP contribution is -2.30. The van der Waals surface area contributed by atoms with Gasteiger partial charge < -0.3 is 4.90 Å². The van der Waals surface area contributed by atoms with Gasteiger partial charge in [0.15, 0.2) is 10.8 Å². The lowest BCUT2D eigenvalue weighted by Gasteiger charge is -2.28. The minimum atomic E-state index is -4.41. The molecule has 3 rings (SSSR count). The smallest absolute Gasteiger partial charge is 0.343 e. The molecular formula is C13H10F4N2S. The number of aromatic nitrogens is 1. The van der Waals surface area contributed by atoms with E-state index in [1.165, 1.54) is 12.1 Å². The Kier molecular flexibility index (Phi) is 3.16. The Morgan fingerprint density at radius 1 is 1.20 bits per heavy atom. The van der Waals surface area contributed by atoms with Crippen LogP contribution in [0.5, 0.6) is 0 Å². The van der Waals surface area contributed by atoms with Crippen LogP contribution < -0.4 is 4.90 Å². The summed E-state index contributed by atoms with van der Waals surface area (Å²) < 4.78 is 50.7. The van der Waals surface area contributed by atoms with E-state index in [2.05, 4.69) is 4.98 Å². The summed E-state index contributed by atoms with van der Waals surface area (Å²) in [6.07, 6.45) is -3.81. The van der Waals surface area contributed by atoms with E-state index in [9.17, 15) is 17.6 Å². The second-order valence-corrected chi connectivity index (χ2v) is 5.43. The first-order chi connectivity index (χ1) is 9.43. The second kappa shape index (κ2) is 4.73. The van der Waals surface area contributed by atoms with Crippen LogP contribution in [-0.4, -0.2) is 11.5 Å². The molecule has 0 N–H and O–H groups in total. The monoisotopic (exact) mass is 302 g/mol. The average molecular weight is 302 g/mol. The lowest BCUT2D eigenvalue weighted by atomic mass is 10.0. The largest absolute Gasteiger partial charge is 0.434 e. The summed E-state index contributed by atoms with van der Waals surface area (Å²) in [6, 6.07) is 4.52. The molecular weight excluding hydrogens is 292 g/mol. The predicted octanol–water partition coefficient (Wildman–Crippen LogP) is 3.86. The van der Waals surface area contributed by atoms with E-state index >= 15 is 0 Å². The minimum Gasteiger partial charge on any atom is -0.343 e. The summed E-state index contributed by atoms with van der Waals surface area (Å²) in [7, 11) is 0. The van der Waals surface area contributed by atoms with Crippen LogP contribution in [0.1, 0.15) is 16.8 Å². The van der Waals surface area contributed by atoms with Crippen LogP contribution >= 0.6 is 11.3 Å². The average Bonchev–Trinajstić information content (AvgIpc) is 2.87. The Morgan fingerprint density at radius 2 is 2.00 bits per heavy atom. The molecule has 7 heteroatoms. The van der Waals surface area contributed by atoms with Crippen LogP contribution in [-0.2, 0) is 19.1 Å². The number of nitrogens with zero attached hydrogens (tertiary/aromatic N) is 2. The van der Waals surface area contributed by atoms with Crippen LogP contribution in [0, 0.1) is 5.82 Å². The molecule has 20 heavy (non-hydrogen) atoms. The van der Waals surface area contributed by atoms with Crippen molar-refractivity contribution in [1.29, 1.82) is 0 Å².